The van der Waals surface area contributed by atoms with E-state index in [1.54, 1.807) is 17.5 Å². The number of fused-ring (bicyclic) bond motifs is 1. The molecule has 4 rings (SSSR count). The minimum Gasteiger partial charge on any atom is -0.448 e. The molecule has 0 saturated carbocycles. The van der Waals surface area contributed by atoms with Gasteiger partial charge in [-0.2, -0.15) is 13.2 Å². The lowest BCUT2D eigenvalue weighted by atomic mass is 10.1. The van der Waals surface area contributed by atoms with Gasteiger partial charge in [-0.05, 0) is 43.0 Å². The summed E-state index contributed by atoms with van der Waals surface area (Å²) in [7, 11) is 0. The van der Waals surface area contributed by atoms with Crippen LogP contribution in [0, 0.1) is 17.0 Å². The maximum Gasteiger partial charge on any atom is 0.417 e. The van der Waals surface area contributed by atoms with Crippen molar-refractivity contribution in [1.82, 2.24) is 4.98 Å². The summed E-state index contributed by atoms with van der Waals surface area (Å²) in [5.74, 6) is -1.75. The number of hydrogen-bond donors (Lipinski definition) is 1. The van der Waals surface area contributed by atoms with Crippen molar-refractivity contribution in [3.05, 3.63) is 74.0 Å². The lowest BCUT2D eigenvalue weighted by molar-refractivity contribution is -0.384. The van der Waals surface area contributed by atoms with E-state index in [4.69, 9.17) is 4.74 Å². The number of carbonyl (C=O) groups excluding carboxylic acids is 2. The second-order valence-electron chi connectivity index (χ2n) is 7.61. The number of hydrogen-bond acceptors (Lipinski definition) is 8. The molecule has 1 N–H and O–H groups in total. The van der Waals surface area contributed by atoms with Gasteiger partial charge in [0.2, 0.25) is 0 Å². The van der Waals surface area contributed by atoms with Crippen molar-refractivity contribution in [1.29, 1.82) is 0 Å². The molecule has 4 aromatic rings. The Kier molecular flexibility index (Phi) is 6.78. The summed E-state index contributed by atoms with van der Waals surface area (Å²) in [5.41, 5.74) is -0.858. The van der Waals surface area contributed by atoms with Gasteiger partial charge in [-0.3, -0.25) is 14.9 Å². The van der Waals surface area contributed by atoms with Gasteiger partial charge in [0.25, 0.3) is 11.6 Å². The number of pyridine rings is 1. The third kappa shape index (κ3) is 5.06. The van der Waals surface area contributed by atoms with Crippen LogP contribution in [-0.2, 0) is 15.7 Å². The Morgan fingerprint density at radius 1 is 1.19 bits per heavy atom. The first-order valence-electron chi connectivity index (χ1n) is 10.3. The minimum atomic E-state index is -4.69. The monoisotopic (exact) mass is 535 g/mol. The topological polar surface area (TPSA) is 111 Å². The number of alkyl halides is 3. The number of nitrogens with one attached hydrogen (secondary N) is 1. The Labute approximate surface area is 209 Å². The molecule has 0 aliphatic heterocycles. The van der Waals surface area contributed by atoms with Crippen LogP contribution < -0.4 is 5.32 Å². The van der Waals surface area contributed by atoms with Crippen molar-refractivity contribution in [3.63, 3.8) is 0 Å². The molecule has 186 valence electrons. The molecule has 0 unspecified atom stereocenters. The SMILES string of the molecule is Cc1c(C(=O)O[C@@H](C)C(=O)Nc2cccc([N+](=O)[O-])c2)sc2nc(-c3cccs3)cc(C(F)(F)F)c12. The fourth-order valence-electron chi connectivity index (χ4n) is 3.42. The summed E-state index contributed by atoms with van der Waals surface area (Å²) in [6.07, 6.45) is -6.02. The number of amides is 1. The van der Waals surface area contributed by atoms with Crippen LogP contribution in [0.1, 0.15) is 27.7 Å². The third-order valence-electron chi connectivity index (χ3n) is 5.14. The van der Waals surface area contributed by atoms with Crippen molar-refractivity contribution < 1.29 is 32.4 Å². The minimum absolute atomic E-state index is 0.0198. The number of aryl methyl sites for hydroxylation is 1. The van der Waals surface area contributed by atoms with Gasteiger partial charge in [-0.25, -0.2) is 9.78 Å². The summed E-state index contributed by atoms with van der Waals surface area (Å²) in [6, 6.07) is 9.48. The Bertz CT molecular complexity index is 1480. The molecule has 0 aliphatic rings. The molecule has 3 heterocycles. The van der Waals surface area contributed by atoms with E-state index in [2.05, 4.69) is 10.3 Å². The molecule has 1 aromatic carbocycles. The van der Waals surface area contributed by atoms with E-state index in [-0.39, 0.29) is 37.7 Å². The zero-order chi connectivity index (χ0) is 26.2. The standard InChI is InChI=1S/C23H16F3N3O5S2/c1-11-18-15(23(24,25)26)10-16(17-7-4-8-35-17)28-21(18)36-19(11)22(31)34-12(2)20(30)27-13-5-3-6-14(9-13)29(32)33/h3-10,12H,1-2H3,(H,27,30)/t12-/m0/s1. The number of non-ortho nitro benzene ring substituents is 1. The van der Waals surface area contributed by atoms with Gasteiger partial charge >= 0.3 is 12.1 Å². The number of anilines is 1. The largest absolute Gasteiger partial charge is 0.448 e. The second-order valence-corrected chi connectivity index (χ2v) is 9.56. The first kappa shape index (κ1) is 25.3. The van der Waals surface area contributed by atoms with Crippen molar-refractivity contribution in [2.24, 2.45) is 0 Å². The van der Waals surface area contributed by atoms with Gasteiger partial charge in [-0.1, -0.05) is 12.1 Å². The number of ether oxygens (including phenoxy) is 1. The van der Waals surface area contributed by atoms with Gasteiger partial charge in [0.15, 0.2) is 6.10 Å². The van der Waals surface area contributed by atoms with Crippen LogP contribution in [-0.4, -0.2) is 27.9 Å². The number of nitrogens with zero attached hydrogens (tertiary/aromatic N) is 2. The number of esters is 1. The molecule has 0 saturated heterocycles. The van der Waals surface area contributed by atoms with Crippen LogP contribution >= 0.6 is 22.7 Å². The molecule has 36 heavy (non-hydrogen) atoms. The van der Waals surface area contributed by atoms with Crippen molar-refractivity contribution >= 4 is 56.1 Å². The van der Waals surface area contributed by atoms with Crippen LogP contribution in [0.5, 0.6) is 0 Å². The van der Waals surface area contributed by atoms with Crippen LogP contribution in [0.15, 0.2) is 47.8 Å². The van der Waals surface area contributed by atoms with E-state index in [0.717, 1.165) is 23.5 Å². The summed E-state index contributed by atoms with van der Waals surface area (Å²) >= 11 is 1.99. The van der Waals surface area contributed by atoms with Gasteiger partial charge in [0.05, 0.1) is 21.1 Å². The number of carbonyl (C=O) groups is 2. The summed E-state index contributed by atoms with van der Waals surface area (Å²) in [6.45, 7) is 2.65. The van der Waals surface area contributed by atoms with Crippen LogP contribution in [0.2, 0.25) is 0 Å². The number of thiophene rings is 2. The van der Waals surface area contributed by atoms with Crippen LogP contribution in [0.4, 0.5) is 24.5 Å². The molecule has 0 bridgehead atoms. The normalized spacial score (nSPS) is 12.4. The highest BCUT2D eigenvalue weighted by atomic mass is 32.1. The zero-order valence-electron chi connectivity index (χ0n) is 18.6. The van der Waals surface area contributed by atoms with E-state index in [9.17, 15) is 32.9 Å². The Hall–Kier alpha value is -3.84. The number of aromatic nitrogens is 1. The number of nitro groups is 1. The first-order chi connectivity index (χ1) is 17.0. The highest BCUT2D eigenvalue weighted by Crippen LogP contribution is 2.42. The molecule has 0 fully saturated rings. The van der Waals surface area contributed by atoms with Crippen molar-refractivity contribution in [3.8, 4) is 10.6 Å². The smallest absolute Gasteiger partial charge is 0.417 e. The maximum atomic E-state index is 13.9. The van der Waals surface area contributed by atoms with E-state index in [1.807, 2.05) is 0 Å². The molecule has 13 heteroatoms. The third-order valence-corrected chi connectivity index (χ3v) is 7.20. The number of nitro benzene ring substituents is 1. The quantitative estimate of drug-likeness (QED) is 0.173. The second kappa shape index (κ2) is 9.66. The highest BCUT2D eigenvalue weighted by Gasteiger charge is 2.36. The molecule has 1 amide bonds. The molecule has 3 aromatic heterocycles. The average Bonchev–Trinajstić information content (AvgIpc) is 3.46. The van der Waals surface area contributed by atoms with E-state index >= 15 is 0 Å². The Morgan fingerprint density at radius 2 is 1.94 bits per heavy atom. The molecule has 0 spiro atoms. The molecular weight excluding hydrogens is 519 g/mol. The number of benzene rings is 1. The van der Waals surface area contributed by atoms with E-state index < -0.39 is 34.6 Å². The lowest BCUT2D eigenvalue weighted by Gasteiger charge is -2.13. The zero-order valence-corrected chi connectivity index (χ0v) is 20.2. The average molecular weight is 536 g/mol. The molecule has 0 radical (unpaired) electrons. The van der Waals surface area contributed by atoms with Gasteiger partial charge in [-0.15, -0.1) is 22.7 Å². The van der Waals surface area contributed by atoms with E-state index in [0.29, 0.717) is 4.88 Å². The van der Waals surface area contributed by atoms with Gasteiger partial charge in [0.1, 0.15) is 9.71 Å². The first-order valence-corrected chi connectivity index (χ1v) is 12.0. The van der Waals surface area contributed by atoms with Gasteiger partial charge < -0.3 is 10.1 Å². The fourth-order valence-corrected chi connectivity index (χ4v) is 5.20. The predicted molar refractivity (Wildman–Crippen MR) is 129 cm³/mol. The summed E-state index contributed by atoms with van der Waals surface area (Å²) in [4.78, 5) is 40.4. The maximum absolute atomic E-state index is 13.9. The van der Waals surface area contributed by atoms with Gasteiger partial charge in [0, 0.05) is 23.2 Å². The fraction of sp³-hybridized carbons (Fsp3) is 0.174. The lowest BCUT2D eigenvalue weighted by Crippen LogP contribution is -2.30. The predicted octanol–water partition coefficient (Wildman–Crippen LogP) is 6.44. The molecular formula is C23H16F3N3O5S2. The summed E-state index contributed by atoms with van der Waals surface area (Å²) < 4.78 is 46.9. The molecule has 8 nitrogen and oxygen atoms in total. The Balaban J connectivity index is 1.61. The van der Waals surface area contributed by atoms with Crippen LogP contribution in [0.3, 0.4) is 0 Å². The van der Waals surface area contributed by atoms with E-state index in [1.165, 1.54) is 43.4 Å². The molecule has 0 aliphatic carbocycles. The molecule has 1 atom stereocenters. The number of halogens is 3. The highest BCUT2D eigenvalue weighted by molar-refractivity contribution is 7.20. The number of rotatable bonds is 6. The Morgan fingerprint density at radius 3 is 2.58 bits per heavy atom. The van der Waals surface area contributed by atoms with Crippen molar-refractivity contribution in [2.75, 3.05) is 5.32 Å². The van der Waals surface area contributed by atoms with Crippen molar-refractivity contribution in [2.45, 2.75) is 26.1 Å². The van der Waals surface area contributed by atoms with Crippen LogP contribution in [0.25, 0.3) is 20.8 Å². The summed E-state index contributed by atoms with van der Waals surface area (Å²) in [5, 5.41) is 14.8.